The van der Waals surface area contributed by atoms with Gasteiger partial charge in [0.1, 0.15) is 0 Å². The molecule has 1 N–H and O–H groups in total. The van der Waals surface area contributed by atoms with Crippen molar-refractivity contribution >= 4 is 6.21 Å². The first kappa shape index (κ1) is 8.68. The molecule has 0 radical (unpaired) electrons. The average Bonchev–Trinajstić information content (AvgIpc) is 2.07. The highest BCUT2D eigenvalue weighted by atomic mass is 16.5. The summed E-state index contributed by atoms with van der Waals surface area (Å²) in [5.74, 6) is 0. The number of ether oxygens (including phenoxy) is 1. The molecule has 11 heavy (non-hydrogen) atoms. The molecule has 1 fully saturated rings. The highest BCUT2D eigenvalue weighted by Gasteiger charge is 2.08. The molecule has 0 aliphatic carbocycles. The molecule has 0 spiro atoms. The lowest BCUT2D eigenvalue weighted by Gasteiger charge is -2.26. The lowest BCUT2D eigenvalue weighted by molar-refractivity contribution is 0.0377. The van der Waals surface area contributed by atoms with Crippen LogP contribution in [-0.4, -0.2) is 44.0 Å². The van der Waals surface area contributed by atoms with Crippen LogP contribution in [-0.2, 0) is 4.74 Å². The molecular weight excluding hydrogens is 140 g/mol. The summed E-state index contributed by atoms with van der Waals surface area (Å²) in [7, 11) is 0. The van der Waals surface area contributed by atoms with E-state index in [0.717, 1.165) is 45.7 Å². The summed E-state index contributed by atoms with van der Waals surface area (Å²) in [6.45, 7) is 5.02. The summed E-state index contributed by atoms with van der Waals surface area (Å²) in [6, 6.07) is 0. The van der Waals surface area contributed by atoms with Crippen LogP contribution in [0.5, 0.6) is 0 Å². The smallest absolute Gasteiger partial charge is 0.0594 e. The van der Waals surface area contributed by atoms with Crippen molar-refractivity contribution < 1.29 is 4.74 Å². The molecule has 1 rings (SSSR count). The van der Waals surface area contributed by atoms with E-state index < -0.39 is 0 Å². The van der Waals surface area contributed by atoms with Crippen LogP contribution in [0.2, 0.25) is 0 Å². The third kappa shape index (κ3) is 3.49. The molecule has 1 heterocycles. The molecular formula is C8H16N2O. The summed E-state index contributed by atoms with van der Waals surface area (Å²) in [5, 5.41) is 6.85. The van der Waals surface area contributed by atoms with Gasteiger partial charge in [0.15, 0.2) is 0 Å². The number of unbranched alkanes of at least 4 members (excludes halogenated alkanes) is 1. The Morgan fingerprint density at radius 2 is 2.09 bits per heavy atom. The molecule has 3 nitrogen and oxygen atoms in total. The fourth-order valence-electron chi connectivity index (χ4n) is 1.24. The minimum absolute atomic E-state index is 0.880. The number of morpholine rings is 1. The molecule has 0 aromatic rings. The van der Waals surface area contributed by atoms with Crippen LogP contribution in [0, 0.1) is 5.41 Å². The lowest BCUT2D eigenvalue weighted by Crippen LogP contribution is -2.36. The van der Waals surface area contributed by atoms with Gasteiger partial charge >= 0.3 is 0 Å². The Morgan fingerprint density at radius 1 is 1.36 bits per heavy atom. The number of hydrogen-bond acceptors (Lipinski definition) is 3. The lowest BCUT2D eigenvalue weighted by atomic mass is 10.3. The topological polar surface area (TPSA) is 36.3 Å². The van der Waals surface area contributed by atoms with Crippen molar-refractivity contribution in [1.29, 1.82) is 5.41 Å². The normalized spacial score (nSPS) is 20.0. The van der Waals surface area contributed by atoms with E-state index in [-0.39, 0.29) is 0 Å². The molecule has 1 aliphatic rings. The van der Waals surface area contributed by atoms with Crippen molar-refractivity contribution in [1.82, 2.24) is 4.90 Å². The van der Waals surface area contributed by atoms with E-state index in [4.69, 9.17) is 10.1 Å². The summed E-state index contributed by atoms with van der Waals surface area (Å²) < 4.78 is 5.22. The predicted molar refractivity (Wildman–Crippen MR) is 45.3 cm³/mol. The number of rotatable bonds is 4. The quantitative estimate of drug-likeness (QED) is 0.481. The zero-order valence-corrected chi connectivity index (χ0v) is 6.88. The number of hydrogen-bond donors (Lipinski definition) is 1. The fraction of sp³-hybridized carbons (Fsp3) is 0.875. The Labute approximate surface area is 67.8 Å². The van der Waals surface area contributed by atoms with Crippen molar-refractivity contribution in [3.05, 3.63) is 0 Å². The van der Waals surface area contributed by atoms with Crippen LogP contribution in [0.1, 0.15) is 12.8 Å². The molecule has 0 bridgehead atoms. The number of nitrogens with zero attached hydrogens (tertiary/aromatic N) is 1. The standard InChI is InChI=1S/C8H16N2O/c9-3-1-2-4-10-5-7-11-8-6-10/h3,9H,1-2,4-8H2. The average molecular weight is 156 g/mol. The molecule has 0 saturated carbocycles. The molecule has 0 amide bonds. The van der Waals surface area contributed by atoms with Gasteiger partial charge in [0, 0.05) is 13.1 Å². The highest BCUT2D eigenvalue weighted by molar-refractivity contribution is 5.52. The maximum Gasteiger partial charge on any atom is 0.0594 e. The minimum Gasteiger partial charge on any atom is -0.379 e. The summed E-state index contributed by atoms with van der Waals surface area (Å²) in [5.41, 5.74) is 0. The monoisotopic (exact) mass is 156 g/mol. The van der Waals surface area contributed by atoms with Gasteiger partial charge in [-0.05, 0) is 25.6 Å². The van der Waals surface area contributed by atoms with Crippen molar-refractivity contribution in [3.63, 3.8) is 0 Å². The maximum absolute atomic E-state index is 6.85. The Kier molecular flexibility index (Phi) is 4.16. The molecule has 0 aromatic carbocycles. The van der Waals surface area contributed by atoms with E-state index in [0.29, 0.717) is 0 Å². The Bertz CT molecular complexity index is 111. The second-order valence-electron chi connectivity index (χ2n) is 2.80. The Balaban J connectivity index is 2.00. The van der Waals surface area contributed by atoms with Gasteiger partial charge in [0.25, 0.3) is 0 Å². The molecule has 3 heteroatoms. The van der Waals surface area contributed by atoms with E-state index in [1.807, 2.05) is 0 Å². The van der Waals surface area contributed by atoms with Crippen LogP contribution in [0.4, 0.5) is 0 Å². The van der Waals surface area contributed by atoms with Gasteiger partial charge in [0.2, 0.25) is 0 Å². The first-order chi connectivity index (χ1) is 5.43. The Morgan fingerprint density at radius 3 is 2.73 bits per heavy atom. The molecule has 64 valence electrons. The van der Waals surface area contributed by atoms with E-state index in [1.165, 1.54) is 6.21 Å². The van der Waals surface area contributed by atoms with E-state index >= 15 is 0 Å². The fourth-order valence-corrected chi connectivity index (χ4v) is 1.24. The largest absolute Gasteiger partial charge is 0.379 e. The molecule has 0 unspecified atom stereocenters. The highest BCUT2D eigenvalue weighted by Crippen LogP contribution is 1.98. The molecule has 0 aromatic heterocycles. The summed E-state index contributed by atoms with van der Waals surface area (Å²) >= 11 is 0. The summed E-state index contributed by atoms with van der Waals surface area (Å²) in [4.78, 5) is 2.40. The van der Waals surface area contributed by atoms with Gasteiger partial charge in [-0.25, -0.2) is 0 Å². The Hall–Kier alpha value is -0.410. The first-order valence-electron chi connectivity index (χ1n) is 4.22. The SMILES string of the molecule is N=CCCCN1CCOCC1. The summed E-state index contributed by atoms with van der Waals surface area (Å²) in [6.07, 6.45) is 3.52. The van der Waals surface area contributed by atoms with Gasteiger partial charge < -0.3 is 10.1 Å². The maximum atomic E-state index is 6.85. The van der Waals surface area contributed by atoms with Gasteiger partial charge in [-0.15, -0.1) is 0 Å². The van der Waals surface area contributed by atoms with Crippen LogP contribution >= 0.6 is 0 Å². The van der Waals surface area contributed by atoms with Gasteiger partial charge in [-0.3, -0.25) is 4.90 Å². The van der Waals surface area contributed by atoms with Gasteiger partial charge in [-0.2, -0.15) is 0 Å². The molecule has 1 aliphatic heterocycles. The molecule has 1 saturated heterocycles. The van der Waals surface area contributed by atoms with Crippen LogP contribution in [0.25, 0.3) is 0 Å². The predicted octanol–water partition coefficient (Wildman–Crippen LogP) is 0.748. The second-order valence-corrected chi connectivity index (χ2v) is 2.80. The molecule has 0 atom stereocenters. The van der Waals surface area contributed by atoms with E-state index in [1.54, 1.807) is 0 Å². The van der Waals surface area contributed by atoms with E-state index in [9.17, 15) is 0 Å². The minimum atomic E-state index is 0.880. The van der Waals surface area contributed by atoms with E-state index in [2.05, 4.69) is 4.90 Å². The number of nitrogens with one attached hydrogen (secondary N) is 1. The zero-order valence-electron chi connectivity index (χ0n) is 6.88. The van der Waals surface area contributed by atoms with Crippen molar-refractivity contribution in [3.8, 4) is 0 Å². The second kappa shape index (κ2) is 5.27. The van der Waals surface area contributed by atoms with Crippen LogP contribution in [0.15, 0.2) is 0 Å². The zero-order chi connectivity index (χ0) is 7.94. The van der Waals surface area contributed by atoms with Crippen molar-refractivity contribution in [2.24, 2.45) is 0 Å². The van der Waals surface area contributed by atoms with Crippen molar-refractivity contribution in [2.75, 3.05) is 32.8 Å². The van der Waals surface area contributed by atoms with Crippen molar-refractivity contribution in [2.45, 2.75) is 12.8 Å². The van der Waals surface area contributed by atoms with Gasteiger partial charge in [0.05, 0.1) is 13.2 Å². The third-order valence-electron chi connectivity index (χ3n) is 1.93. The van der Waals surface area contributed by atoms with Crippen LogP contribution < -0.4 is 0 Å². The van der Waals surface area contributed by atoms with Crippen LogP contribution in [0.3, 0.4) is 0 Å². The van der Waals surface area contributed by atoms with Gasteiger partial charge in [-0.1, -0.05) is 0 Å². The first-order valence-corrected chi connectivity index (χ1v) is 4.22. The third-order valence-corrected chi connectivity index (χ3v) is 1.93.